The van der Waals surface area contributed by atoms with Crippen LogP contribution in [0.1, 0.15) is 15.2 Å². The molecule has 0 saturated heterocycles. The van der Waals surface area contributed by atoms with Crippen LogP contribution in [-0.4, -0.2) is 0 Å². The van der Waals surface area contributed by atoms with Crippen LogP contribution in [0, 0.1) is 13.8 Å². The van der Waals surface area contributed by atoms with Crippen LogP contribution < -0.4 is 4.57 Å². The third kappa shape index (κ3) is 3.29. The van der Waals surface area contributed by atoms with Gasteiger partial charge in [-0.1, -0.05) is 66.7 Å². The minimum Gasteiger partial charge on any atom is -0.201 e. The quantitative estimate of drug-likeness (QED) is 0.390. The molecule has 0 spiro atoms. The first-order valence-corrected chi connectivity index (χ1v) is 9.11. The minimum atomic E-state index is -2.16. The van der Waals surface area contributed by atoms with E-state index in [4.69, 9.17) is 4.11 Å². The molecule has 1 heterocycles. The maximum atomic E-state index is 7.94. The summed E-state index contributed by atoms with van der Waals surface area (Å²) in [7, 11) is 2.03. The lowest BCUT2D eigenvalue weighted by Crippen LogP contribution is -2.30. The second-order valence-electron chi connectivity index (χ2n) is 6.80. The van der Waals surface area contributed by atoms with Gasteiger partial charge in [0.15, 0.2) is 6.20 Å². The molecular formula is C26H24N+. The van der Waals surface area contributed by atoms with Crippen molar-refractivity contribution in [1.82, 2.24) is 0 Å². The summed E-state index contributed by atoms with van der Waals surface area (Å²) in [4.78, 5) is 0. The van der Waals surface area contributed by atoms with E-state index in [-0.39, 0.29) is 0 Å². The fraction of sp³-hybridized carbons (Fsp3) is 0.115. The number of benzene rings is 3. The van der Waals surface area contributed by atoms with E-state index in [1.165, 1.54) is 5.56 Å². The fourth-order valence-corrected chi connectivity index (χ4v) is 3.57. The van der Waals surface area contributed by atoms with Gasteiger partial charge in [0.2, 0.25) is 5.69 Å². The fourth-order valence-electron chi connectivity index (χ4n) is 3.57. The zero-order valence-electron chi connectivity index (χ0n) is 18.6. The second-order valence-corrected chi connectivity index (χ2v) is 6.80. The Balaban J connectivity index is 1.89. The molecule has 4 rings (SSSR count). The highest BCUT2D eigenvalue weighted by molar-refractivity contribution is 5.79. The van der Waals surface area contributed by atoms with Gasteiger partial charge in [0, 0.05) is 21.8 Å². The molecule has 1 aromatic heterocycles. The van der Waals surface area contributed by atoms with Crippen LogP contribution in [-0.2, 0) is 7.05 Å². The third-order valence-electron chi connectivity index (χ3n) is 5.08. The number of rotatable bonds is 3. The molecule has 132 valence electrons. The number of aryl methyl sites for hydroxylation is 2. The molecular weight excluding hydrogens is 326 g/mol. The average Bonchev–Trinajstić information content (AvgIpc) is 2.74. The van der Waals surface area contributed by atoms with E-state index >= 15 is 0 Å². The lowest BCUT2D eigenvalue weighted by atomic mass is 9.92. The summed E-state index contributed by atoms with van der Waals surface area (Å²) in [6, 6.07) is 28.0. The number of pyridine rings is 1. The molecule has 0 atom stereocenters. The van der Waals surface area contributed by atoms with Crippen LogP contribution in [0.3, 0.4) is 0 Å². The summed E-state index contributed by atoms with van der Waals surface area (Å²) < 4.78 is 25.9. The van der Waals surface area contributed by atoms with Crippen molar-refractivity contribution in [3.05, 3.63) is 102 Å². The number of hydrogen-bond donors (Lipinski definition) is 0. The average molecular weight is 354 g/mol. The van der Waals surface area contributed by atoms with Crippen molar-refractivity contribution >= 4 is 0 Å². The monoisotopic (exact) mass is 353 g/mol. The molecule has 0 aliphatic rings. The van der Waals surface area contributed by atoms with Crippen LogP contribution in [0.15, 0.2) is 91.1 Å². The van der Waals surface area contributed by atoms with E-state index in [9.17, 15) is 0 Å². The van der Waals surface area contributed by atoms with Crippen molar-refractivity contribution in [3.8, 4) is 33.5 Å². The van der Waals surface area contributed by atoms with Gasteiger partial charge < -0.3 is 0 Å². The first-order valence-electron chi connectivity index (χ1n) is 10.6. The zero-order chi connectivity index (χ0) is 21.3. The van der Waals surface area contributed by atoms with Crippen molar-refractivity contribution in [3.63, 3.8) is 0 Å². The summed E-state index contributed by atoms with van der Waals surface area (Å²) in [6.07, 6.45) is 2.07. The predicted octanol–water partition coefficient (Wildman–Crippen LogP) is 6.13. The Kier molecular flexibility index (Phi) is 3.72. The molecule has 0 aliphatic carbocycles. The molecule has 1 heteroatoms. The highest BCUT2D eigenvalue weighted by Crippen LogP contribution is 2.33. The first kappa shape index (κ1) is 13.9. The predicted molar refractivity (Wildman–Crippen MR) is 113 cm³/mol. The molecule has 0 radical (unpaired) electrons. The summed E-state index contributed by atoms with van der Waals surface area (Å²) in [6.45, 7) is -0.0902. The molecule has 0 unspecified atom stereocenters. The standard InChI is InChI=1S/C26H24N/c1-19-10-7-8-13-23(19)24-14-9-15-25(20(24)2)26-18-22(16-17-27(26)3)21-11-5-4-6-12-21/h4-18H,1-3H3/q+1/i1D3. The lowest BCUT2D eigenvalue weighted by Gasteiger charge is -2.13. The van der Waals surface area contributed by atoms with E-state index < -0.39 is 6.85 Å². The van der Waals surface area contributed by atoms with Gasteiger partial charge in [-0.3, -0.25) is 0 Å². The SMILES string of the molecule is [2H]C([2H])([2H])c1ccccc1-c1cccc(-c2cc(-c3ccccc3)cc[n+]2C)c1C. The van der Waals surface area contributed by atoms with Crippen molar-refractivity contribution in [2.24, 2.45) is 7.05 Å². The molecule has 0 fully saturated rings. The van der Waals surface area contributed by atoms with Crippen molar-refractivity contribution in [2.75, 3.05) is 0 Å². The van der Waals surface area contributed by atoms with Gasteiger partial charge >= 0.3 is 0 Å². The molecule has 3 aromatic carbocycles. The van der Waals surface area contributed by atoms with Gasteiger partial charge in [0.05, 0.1) is 0 Å². The maximum absolute atomic E-state index is 7.94. The number of hydrogen-bond acceptors (Lipinski definition) is 0. The minimum absolute atomic E-state index is 0.382. The molecule has 27 heavy (non-hydrogen) atoms. The van der Waals surface area contributed by atoms with Gasteiger partial charge in [-0.15, -0.1) is 0 Å². The Morgan fingerprint density at radius 2 is 1.41 bits per heavy atom. The summed E-state index contributed by atoms with van der Waals surface area (Å²) in [5.41, 5.74) is 7.65. The van der Waals surface area contributed by atoms with Crippen LogP contribution in [0.4, 0.5) is 0 Å². The van der Waals surface area contributed by atoms with Crippen molar-refractivity contribution in [1.29, 1.82) is 0 Å². The van der Waals surface area contributed by atoms with E-state index in [1.807, 2.05) is 49.5 Å². The van der Waals surface area contributed by atoms with Gasteiger partial charge in [-0.2, -0.15) is 0 Å². The second kappa shape index (κ2) is 7.20. The Bertz CT molecular complexity index is 1190. The molecule has 1 nitrogen and oxygen atoms in total. The number of aromatic nitrogens is 1. The highest BCUT2D eigenvalue weighted by Gasteiger charge is 2.17. The lowest BCUT2D eigenvalue weighted by molar-refractivity contribution is -0.660. The molecule has 0 aliphatic heterocycles. The largest absolute Gasteiger partial charge is 0.213 e. The first-order chi connectivity index (χ1) is 14.4. The van der Waals surface area contributed by atoms with E-state index in [0.717, 1.165) is 33.5 Å². The normalized spacial score (nSPS) is 12.9. The Morgan fingerprint density at radius 3 is 2.22 bits per heavy atom. The number of nitrogens with zero attached hydrogens (tertiary/aromatic N) is 1. The summed E-state index contributed by atoms with van der Waals surface area (Å²) >= 11 is 0. The smallest absolute Gasteiger partial charge is 0.201 e. The van der Waals surface area contributed by atoms with Crippen LogP contribution >= 0.6 is 0 Å². The van der Waals surface area contributed by atoms with E-state index in [2.05, 4.69) is 48.0 Å². The Labute approximate surface area is 165 Å². The van der Waals surface area contributed by atoms with Crippen LogP contribution in [0.2, 0.25) is 0 Å². The van der Waals surface area contributed by atoms with E-state index in [1.54, 1.807) is 12.1 Å². The van der Waals surface area contributed by atoms with E-state index in [0.29, 0.717) is 5.56 Å². The van der Waals surface area contributed by atoms with Crippen molar-refractivity contribution in [2.45, 2.75) is 13.8 Å². The molecule has 0 bridgehead atoms. The van der Waals surface area contributed by atoms with Gasteiger partial charge in [0.1, 0.15) is 7.05 Å². The van der Waals surface area contributed by atoms with Gasteiger partial charge in [0.25, 0.3) is 0 Å². The van der Waals surface area contributed by atoms with Crippen molar-refractivity contribution < 1.29 is 8.68 Å². The van der Waals surface area contributed by atoms with Crippen LogP contribution in [0.5, 0.6) is 0 Å². The molecule has 0 amide bonds. The molecule has 0 saturated carbocycles. The zero-order valence-corrected chi connectivity index (χ0v) is 15.6. The highest BCUT2D eigenvalue weighted by atomic mass is 14.9. The maximum Gasteiger partial charge on any atom is 0.213 e. The topological polar surface area (TPSA) is 3.88 Å². The molecule has 4 aromatic rings. The van der Waals surface area contributed by atoms with Gasteiger partial charge in [-0.05, 0) is 53.2 Å². The summed E-state index contributed by atoms with van der Waals surface area (Å²) in [5.74, 6) is 0. The Morgan fingerprint density at radius 1 is 0.704 bits per heavy atom. The third-order valence-corrected chi connectivity index (χ3v) is 5.08. The van der Waals surface area contributed by atoms with Gasteiger partial charge in [-0.25, -0.2) is 4.57 Å². The Hall–Kier alpha value is -3.19. The van der Waals surface area contributed by atoms with Crippen LogP contribution in [0.25, 0.3) is 33.5 Å². The molecule has 0 N–H and O–H groups in total. The summed E-state index contributed by atoms with van der Waals surface area (Å²) in [5, 5.41) is 0.